The van der Waals surface area contributed by atoms with Crippen LogP contribution in [-0.4, -0.2) is 11.1 Å². The molecule has 1 N–H and O–H groups in total. The summed E-state index contributed by atoms with van der Waals surface area (Å²) in [5.74, 6) is -0.918. The number of carbonyl (C=O) groups is 1. The quantitative estimate of drug-likeness (QED) is 0.752. The van der Waals surface area contributed by atoms with Crippen LogP contribution in [0.4, 0.5) is 0 Å². The number of rotatable bonds is 2. The summed E-state index contributed by atoms with van der Waals surface area (Å²) in [6.45, 7) is 6.33. The van der Waals surface area contributed by atoms with Crippen LogP contribution in [0.2, 0.25) is 0 Å². The first-order valence-electron chi connectivity index (χ1n) is 4.92. The molecule has 0 aromatic heterocycles. The zero-order valence-electron chi connectivity index (χ0n) is 9.32. The Balaban J connectivity index is 3.13. The van der Waals surface area contributed by atoms with Gasteiger partial charge in [-0.3, -0.25) is 0 Å². The summed E-state index contributed by atoms with van der Waals surface area (Å²) in [5, 5.41) is 8.58. The molecule has 0 saturated heterocycles. The van der Waals surface area contributed by atoms with Crippen molar-refractivity contribution >= 4 is 12.0 Å². The molecule has 0 aliphatic carbocycles. The summed E-state index contributed by atoms with van der Waals surface area (Å²) in [4.78, 5) is 10.4. The first-order valence-corrected chi connectivity index (χ1v) is 4.92. The summed E-state index contributed by atoms with van der Waals surface area (Å²) in [5.41, 5.74) is 2.15. The smallest absolute Gasteiger partial charge is 0.328 e. The molecule has 2 nitrogen and oxygen atoms in total. The highest BCUT2D eigenvalue weighted by Gasteiger charge is 2.15. The average Bonchev–Trinajstić information content (AvgIpc) is 2.13. The van der Waals surface area contributed by atoms with Gasteiger partial charge in [0, 0.05) is 6.08 Å². The minimum atomic E-state index is -0.918. The third kappa shape index (κ3) is 3.24. The zero-order chi connectivity index (χ0) is 11.5. The number of hydrogen-bond acceptors (Lipinski definition) is 1. The maximum absolute atomic E-state index is 10.4. The lowest BCUT2D eigenvalue weighted by Gasteiger charge is -2.21. The van der Waals surface area contributed by atoms with Gasteiger partial charge in [0.15, 0.2) is 0 Å². The van der Waals surface area contributed by atoms with Gasteiger partial charge in [0.05, 0.1) is 0 Å². The normalized spacial score (nSPS) is 11.9. The van der Waals surface area contributed by atoms with Crippen LogP contribution in [0.5, 0.6) is 0 Å². The molecule has 1 aromatic carbocycles. The van der Waals surface area contributed by atoms with E-state index in [1.54, 1.807) is 6.08 Å². The lowest BCUT2D eigenvalue weighted by atomic mass is 9.84. The van der Waals surface area contributed by atoms with Crippen molar-refractivity contribution in [3.8, 4) is 0 Å². The van der Waals surface area contributed by atoms with Crippen LogP contribution in [0.3, 0.4) is 0 Å². The monoisotopic (exact) mass is 204 g/mol. The van der Waals surface area contributed by atoms with Gasteiger partial charge in [-0.05, 0) is 22.6 Å². The van der Waals surface area contributed by atoms with Crippen molar-refractivity contribution in [1.29, 1.82) is 0 Å². The number of hydrogen-bond donors (Lipinski definition) is 1. The van der Waals surface area contributed by atoms with E-state index in [2.05, 4.69) is 20.8 Å². The predicted octanol–water partition coefficient (Wildman–Crippen LogP) is 3.08. The van der Waals surface area contributed by atoms with Gasteiger partial charge in [-0.15, -0.1) is 0 Å². The van der Waals surface area contributed by atoms with E-state index in [1.807, 2.05) is 24.3 Å². The standard InChI is InChI=1S/C13H16O2/c1-13(2,3)11-7-5-4-6-10(11)8-9-12(14)15/h4-9H,1-3H3,(H,14,15)/b9-8+. The number of benzene rings is 1. The lowest BCUT2D eigenvalue weighted by Crippen LogP contribution is -2.12. The summed E-state index contributed by atoms with van der Waals surface area (Å²) in [7, 11) is 0. The summed E-state index contributed by atoms with van der Waals surface area (Å²) < 4.78 is 0. The van der Waals surface area contributed by atoms with Crippen molar-refractivity contribution < 1.29 is 9.90 Å². The topological polar surface area (TPSA) is 37.3 Å². The van der Waals surface area contributed by atoms with Crippen molar-refractivity contribution in [2.45, 2.75) is 26.2 Å². The van der Waals surface area contributed by atoms with E-state index in [9.17, 15) is 4.79 Å². The Morgan fingerprint density at radius 1 is 1.27 bits per heavy atom. The first kappa shape index (κ1) is 11.5. The lowest BCUT2D eigenvalue weighted by molar-refractivity contribution is -0.131. The minimum absolute atomic E-state index is 0.0272. The van der Waals surface area contributed by atoms with Crippen LogP contribution < -0.4 is 0 Å². The molecule has 0 spiro atoms. The van der Waals surface area contributed by atoms with Crippen LogP contribution in [0, 0.1) is 0 Å². The average molecular weight is 204 g/mol. The molecule has 0 heterocycles. The molecule has 0 bridgehead atoms. The van der Waals surface area contributed by atoms with Crippen LogP contribution in [0.1, 0.15) is 31.9 Å². The molecule has 0 radical (unpaired) electrons. The molecule has 0 aliphatic heterocycles. The van der Waals surface area contributed by atoms with E-state index in [-0.39, 0.29) is 5.41 Å². The SMILES string of the molecule is CC(C)(C)c1ccccc1/C=C/C(=O)O. The van der Waals surface area contributed by atoms with Gasteiger partial charge in [0.25, 0.3) is 0 Å². The largest absolute Gasteiger partial charge is 0.478 e. The summed E-state index contributed by atoms with van der Waals surface area (Å²) in [6.07, 6.45) is 2.81. The second-order valence-electron chi connectivity index (χ2n) is 4.51. The summed E-state index contributed by atoms with van der Waals surface area (Å²) >= 11 is 0. The number of aliphatic carboxylic acids is 1. The number of carboxylic acid groups (broad SMARTS) is 1. The molecule has 1 aromatic rings. The fourth-order valence-corrected chi connectivity index (χ4v) is 1.49. The second kappa shape index (κ2) is 4.30. The number of carboxylic acids is 1. The Kier molecular flexibility index (Phi) is 3.30. The van der Waals surface area contributed by atoms with Gasteiger partial charge in [0.1, 0.15) is 0 Å². The van der Waals surface area contributed by atoms with Crippen molar-refractivity contribution in [3.05, 3.63) is 41.5 Å². The molecule has 2 heteroatoms. The molecule has 1 rings (SSSR count). The Morgan fingerprint density at radius 2 is 1.87 bits per heavy atom. The Bertz CT molecular complexity index is 384. The third-order valence-corrected chi connectivity index (χ3v) is 2.17. The van der Waals surface area contributed by atoms with E-state index in [0.717, 1.165) is 11.1 Å². The molecule has 0 aliphatic rings. The Morgan fingerprint density at radius 3 is 2.40 bits per heavy atom. The van der Waals surface area contributed by atoms with E-state index in [0.29, 0.717) is 0 Å². The molecule has 0 saturated carbocycles. The van der Waals surface area contributed by atoms with Crippen LogP contribution in [0.15, 0.2) is 30.3 Å². The third-order valence-electron chi connectivity index (χ3n) is 2.17. The van der Waals surface area contributed by atoms with Crippen molar-refractivity contribution in [3.63, 3.8) is 0 Å². The predicted molar refractivity (Wildman–Crippen MR) is 61.8 cm³/mol. The highest BCUT2D eigenvalue weighted by atomic mass is 16.4. The van der Waals surface area contributed by atoms with Crippen molar-refractivity contribution in [2.24, 2.45) is 0 Å². The van der Waals surface area contributed by atoms with E-state index in [1.165, 1.54) is 6.08 Å². The van der Waals surface area contributed by atoms with Crippen molar-refractivity contribution in [2.75, 3.05) is 0 Å². The van der Waals surface area contributed by atoms with Crippen LogP contribution >= 0.6 is 0 Å². The Hall–Kier alpha value is -1.57. The van der Waals surface area contributed by atoms with E-state index >= 15 is 0 Å². The van der Waals surface area contributed by atoms with Gasteiger partial charge >= 0.3 is 5.97 Å². The van der Waals surface area contributed by atoms with Gasteiger partial charge < -0.3 is 5.11 Å². The molecule has 0 unspecified atom stereocenters. The Labute approximate surface area is 90.3 Å². The zero-order valence-corrected chi connectivity index (χ0v) is 9.32. The first-order chi connectivity index (χ1) is 6.91. The molecule has 80 valence electrons. The highest BCUT2D eigenvalue weighted by molar-refractivity contribution is 5.85. The van der Waals surface area contributed by atoms with Crippen LogP contribution in [-0.2, 0) is 10.2 Å². The molecule has 15 heavy (non-hydrogen) atoms. The molecular weight excluding hydrogens is 188 g/mol. The van der Waals surface area contributed by atoms with Gasteiger partial charge in [0.2, 0.25) is 0 Å². The second-order valence-corrected chi connectivity index (χ2v) is 4.51. The minimum Gasteiger partial charge on any atom is -0.478 e. The maximum atomic E-state index is 10.4. The maximum Gasteiger partial charge on any atom is 0.328 e. The summed E-state index contributed by atoms with van der Waals surface area (Å²) in [6, 6.07) is 7.84. The fourth-order valence-electron chi connectivity index (χ4n) is 1.49. The fraction of sp³-hybridized carbons (Fsp3) is 0.308. The van der Waals surface area contributed by atoms with Gasteiger partial charge in [-0.25, -0.2) is 4.79 Å². The van der Waals surface area contributed by atoms with Gasteiger partial charge in [-0.2, -0.15) is 0 Å². The highest BCUT2D eigenvalue weighted by Crippen LogP contribution is 2.26. The van der Waals surface area contributed by atoms with Crippen LogP contribution in [0.25, 0.3) is 6.08 Å². The van der Waals surface area contributed by atoms with E-state index in [4.69, 9.17) is 5.11 Å². The van der Waals surface area contributed by atoms with Gasteiger partial charge in [-0.1, -0.05) is 45.0 Å². The van der Waals surface area contributed by atoms with Crippen molar-refractivity contribution in [1.82, 2.24) is 0 Å². The molecule has 0 fully saturated rings. The molecule has 0 amide bonds. The van der Waals surface area contributed by atoms with E-state index < -0.39 is 5.97 Å². The molecular formula is C13H16O2. The molecule has 0 atom stereocenters.